The molecule has 0 saturated carbocycles. The molecule has 2 aromatic carbocycles. The van der Waals surface area contributed by atoms with Crippen molar-refractivity contribution in [2.45, 2.75) is 6.04 Å². The molecule has 0 unspecified atom stereocenters. The van der Waals surface area contributed by atoms with Crippen molar-refractivity contribution in [1.29, 1.82) is 0 Å². The highest BCUT2D eigenvalue weighted by Crippen LogP contribution is 2.27. The molecule has 0 aliphatic rings. The zero-order chi connectivity index (χ0) is 17.9. The first-order valence-electron chi connectivity index (χ1n) is 6.94. The zero-order valence-corrected chi connectivity index (χ0v) is 15.4. The van der Waals surface area contributed by atoms with Crippen molar-refractivity contribution < 1.29 is 13.2 Å². The van der Waals surface area contributed by atoms with E-state index in [9.17, 15) is 13.2 Å². The number of carbonyl (C=O) groups excluding carboxylic acids is 1. The van der Waals surface area contributed by atoms with Gasteiger partial charge in [-0.3, -0.25) is 4.79 Å². The summed E-state index contributed by atoms with van der Waals surface area (Å²) in [5.41, 5.74) is 0.986. The van der Waals surface area contributed by atoms with Gasteiger partial charge in [0.25, 0.3) is 0 Å². The zero-order valence-electron chi connectivity index (χ0n) is 13.0. The standard InChI is InChI=1S/C16H16Cl2N2O3S/c1-20(24(2,22)23)15(11-6-4-3-5-7-11)16(21)19-12-8-9-13(17)14(18)10-12/h3-10,15H,1-2H3,(H,19,21)/t15-/m1/s1. The monoisotopic (exact) mass is 386 g/mol. The van der Waals surface area contributed by atoms with Crippen molar-refractivity contribution in [2.75, 3.05) is 18.6 Å². The molecule has 0 spiro atoms. The number of hydrogen-bond donors (Lipinski definition) is 1. The number of carbonyl (C=O) groups is 1. The summed E-state index contributed by atoms with van der Waals surface area (Å²) in [4.78, 5) is 12.7. The van der Waals surface area contributed by atoms with Gasteiger partial charge in [-0.1, -0.05) is 53.5 Å². The lowest BCUT2D eigenvalue weighted by molar-refractivity contribution is -0.119. The van der Waals surface area contributed by atoms with Gasteiger partial charge >= 0.3 is 0 Å². The summed E-state index contributed by atoms with van der Waals surface area (Å²) in [6.45, 7) is 0. The third-order valence-electron chi connectivity index (χ3n) is 3.44. The second-order valence-electron chi connectivity index (χ2n) is 5.21. The Bertz CT molecular complexity index is 842. The second kappa shape index (κ2) is 7.53. The fourth-order valence-corrected chi connectivity index (χ4v) is 3.04. The van der Waals surface area contributed by atoms with Crippen LogP contribution >= 0.6 is 23.2 Å². The summed E-state index contributed by atoms with van der Waals surface area (Å²) in [5, 5.41) is 3.33. The van der Waals surface area contributed by atoms with Crippen LogP contribution in [-0.2, 0) is 14.8 Å². The normalized spacial score (nSPS) is 12.9. The van der Waals surface area contributed by atoms with E-state index in [2.05, 4.69) is 5.32 Å². The van der Waals surface area contributed by atoms with Crippen LogP contribution in [-0.4, -0.2) is 31.9 Å². The predicted molar refractivity (Wildman–Crippen MR) is 96.9 cm³/mol. The van der Waals surface area contributed by atoms with Crippen LogP contribution in [0.15, 0.2) is 48.5 Å². The average Bonchev–Trinajstić information content (AvgIpc) is 2.51. The number of benzene rings is 2. The summed E-state index contributed by atoms with van der Waals surface area (Å²) in [5.74, 6) is -0.493. The van der Waals surface area contributed by atoms with Crippen LogP contribution in [0.25, 0.3) is 0 Å². The molecular weight excluding hydrogens is 371 g/mol. The summed E-state index contributed by atoms with van der Waals surface area (Å²) in [6, 6.07) is 12.3. The topological polar surface area (TPSA) is 66.5 Å². The van der Waals surface area contributed by atoms with E-state index in [1.54, 1.807) is 42.5 Å². The molecule has 0 aliphatic heterocycles. The van der Waals surface area contributed by atoms with Crippen molar-refractivity contribution in [3.8, 4) is 0 Å². The summed E-state index contributed by atoms with van der Waals surface area (Å²) in [6.07, 6.45) is 1.05. The minimum absolute atomic E-state index is 0.294. The van der Waals surface area contributed by atoms with Crippen LogP contribution in [0, 0.1) is 0 Å². The molecule has 0 saturated heterocycles. The maximum absolute atomic E-state index is 12.7. The second-order valence-corrected chi connectivity index (χ2v) is 8.07. The molecule has 128 valence electrons. The quantitative estimate of drug-likeness (QED) is 0.853. The lowest BCUT2D eigenvalue weighted by Crippen LogP contribution is -2.38. The number of nitrogens with zero attached hydrogens (tertiary/aromatic N) is 1. The van der Waals surface area contributed by atoms with Crippen LogP contribution < -0.4 is 5.32 Å². The Balaban J connectivity index is 2.36. The summed E-state index contributed by atoms with van der Waals surface area (Å²) in [7, 11) is -2.21. The Hall–Kier alpha value is -1.60. The number of sulfonamides is 1. The number of amides is 1. The van der Waals surface area contributed by atoms with Crippen LogP contribution in [0.3, 0.4) is 0 Å². The van der Waals surface area contributed by atoms with E-state index < -0.39 is 22.0 Å². The Kier molecular flexibility index (Phi) is 5.87. The van der Waals surface area contributed by atoms with Gasteiger partial charge in [0.1, 0.15) is 6.04 Å². The van der Waals surface area contributed by atoms with Gasteiger partial charge in [-0.05, 0) is 23.8 Å². The summed E-state index contributed by atoms with van der Waals surface area (Å²) < 4.78 is 24.8. The predicted octanol–water partition coefficient (Wildman–Crippen LogP) is 3.56. The summed E-state index contributed by atoms with van der Waals surface area (Å²) >= 11 is 11.8. The minimum Gasteiger partial charge on any atom is -0.324 e. The molecule has 0 aliphatic carbocycles. The van der Waals surface area contributed by atoms with E-state index in [1.165, 1.54) is 13.1 Å². The fourth-order valence-electron chi connectivity index (χ4n) is 2.14. The lowest BCUT2D eigenvalue weighted by Gasteiger charge is -2.25. The first-order chi connectivity index (χ1) is 11.2. The number of rotatable bonds is 5. The number of anilines is 1. The Morgan fingerprint density at radius 1 is 1.08 bits per heavy atom. The number of likely N-dealkylation sites (N-methyl/N-ethyl adjacent to an activating group) is 1. The molecule has 2 aromatic rings. The molecule has 1 amide bonds. The molecular formula is C16H16Cl2N2O3S. The molecule has 1 N–H and O–H groups in total. The van der Waals surface area contributed by atoms with E-state index in [0.717, 1.165) is 10.6 Å². The highest BCUT2D eigenvalue weighted by molar-refractivity contribution is 7.88. The van der Waals surface area contributed by atoms with Gasteiger partial charge in [0.05, 0.1) is 16.3 Å². The molecule has 0 radical (unpaired) electrons. The first kappa shape index (κ1) is 18.7. The van der Waals surface area contributed by atoms with Gasteiger partial charge in [-0.25, -0.2) is 8.42 Å². The number of hydrogen-bond acceptors (Lipinski definition) is 3. The molecule has 0 bridgehead atoms. The van der Waals surface area contributed by atoms with Gasteiger partial charge < -0.3 is 5.32 Å². The molecule has 1 atom stereocenters. The maximum Gasteiger partial charge on any atom is 0.247 e. The third kappa shape index (κ3) is 4.48. The average molecular weight is 387 g/mol. The van der Waals surface area contributed by atoms with Gasteiger partial charge in [-0.15, -0.1) is 0 Å². The molecule has 0 fully saturated rings. The van der Waals surface area contributed by atoms with Crippen molar-refractivity contribution in [1.82, 2.24) is 4.31 Å². The molecule has 24 heavy (non-hydrogen) atoms. The number of halogens is 2. The minimum atomic E-state index is -3.58. The van der Waals surface area contributed by atoms with Crippen molar-refractivity contribution in [3.63, 3.8) is 0 Å². The van der Waals surface area contributed by atoms with Crippen molar-refractivity contribution >= 4 is 44.8 Å². The molecule has 8 heteroatoms. The van der Waals surface area contributed by atoms with E-state index in [1.807, 2.05) is 0 Å². The van der Waals surface area contributed by atoms with E-state index in [-0.39, 0.29) is 0 Å². The van der Waals surface area contributed by atoms with Crippen molar-refractivity contribution in [3.05, 3.63) is 64.1 Å². The maximum atomic E-state index is 12.7. The van der Waals surface area contributed by atoms with Gasteiger partial charge in [0, 0.05) is 12.7 Å². The Morgan fingerprint density at radius 2 is 1.71 bits per heavy atom. The third-order valence-corrected chi connectivity index (χ3v) is 5.43. The fraction of sp³-hybridized carbons (Fsp3) is 0.188. The van der Waals surface area contributed by atoms with Crippen LogP contribution in [0.4, 0.5) is 5.69 Å². The number of nitrogens with one attached hydrogen (secondary N) is 1. The van der Waals surface area contributed by atoms with E-state index >= 15 is 0 Å². The Labute approximate surface area is 151 Å². The highest BCUT2D eigenvalue weighted by Gasteiger charge is 2.30. The molecule has 0 heterocycles. The lowest BCUT2D eigenvalue weighted by atomic mass is 10.1. The van der Waals surface area contributed by atoms with Gasteiger partial charge in [0.15, 0.2) is 0 Å². The van der Waals surface area contributed by atoms with Crippen molar-refractivity contribution in [2.24, 2.45) is 0 Å². The van der Waals surface area contributed by atoms with Crippen LogP contribution in [0.5, 0.6) is 0 Å². The van der Waals surface area contributed by atoms with Crippen LogP contribution in [0.2, 0.25) is 10.0 Å². The first-order valence-corrected chi connectivity index (χ1v) is 9.54. The largest absolute Gasteiger partial charge is 0.324 e. The highest BCUT2D eigenvalue weighted by atomic mass is 35.5. The van der Waals surface area contributed by atoms with Crippen LogP contribution in [0.1, 0.15) is 11.6 Å². The molecule has 2 rings (SSSR count). The van der Waals surface area contributed by atoms with Gasteiger partial charge in [-0.2, -0.15) is 4.31 Å². The Morgan fingerprint density at radius 3 is 2.25 bits per heavy atom. The van der Waals surface area contributed by atoms with E-state index in [4.69, 9.17) is 23.2 Å². The smallest absolute Gasteiger partial charge is 0.247 e. The molecule has 5 nitrogen and oxygen atoms in total. The van der Waals surface area contributed by atoms with Gasteiger partial charge in [0.2, 0.25) is 15.9 Å². The molecule has 0 aromatic heterocycles. The van der Waals surface area contributed by atoms with E-state index in [0.29, 0.717) is 21.3 Å². The SMILES string of the molecule is CN([C@@H](C(=O)Nc1ccc(Cl)c(Cl)c1)c1ccccc1)S(C)(=O)=O.